The van der Waals surface area contributed by atoms with Gasteiger partial charge in [0.1, 0.15) is 5.56 Å². The van der Waals surface area contributed by atoms with E-state index in [9.17, 15) is 9.59 Å². The third-order valence-electron chi connectivity index (χ3n) is 5.81. The smallest absolute Gasteiger partial charge is 0.342 e. The maximum absolute atomic E-state index is 12.7. The van der Waals surface area contributed by atoms with Crippen molar-refractivity contribution in [2.24, 2.45) is 5.92 Å². The summed E-state index contributed by atoms with van der Waals surface area (Å²) in [7, 11) is 4.41. The van der Waals surface area contributed by atoms with Crippen molar-refractivity contribution in [3.05, 3.63) is 17.7 Å². The number of hydrogen-bond donors (Lipinski definition) is 0. The molecule has 0 radical (unpaired) electrons. The molecular formula is C21H29NO6. The van der Waals surface area contributed by atoms with Crippen LogP contribution in [0.4, 0.5) is 0 Å². The molecule has 1 aliphatic carbocycles. The number of hydrogen-bond acceptors (Lipinski definition) is 6. The van der Waals surface area contributed by atoms with Crippen LogP contribution >= 0.6 is 0 Å². The fourth-order valence-corrected chi connectivity index (χ4v) is 4.48. The molecule has 7 heteroatoms. The minimum absolute atomic E-state index is 0.121. The molecule has 28 heavy (non-hydrogen) atoms. The molecule has 1 aromatic rings. The first-order valence-corrected chi connectivity index (χ1v) is 9.86. The van der Waals surface area contributed by atoms with Crippen molar-refractivity contribution < 1.29 is 28.5 Å². The van der Waals surface area contributed by atoms with Gasteiger partial charge < -0.3 is 23.8 Å². The van der Waals surface area contributed by atoms with Crippen LogP contribution in [0.15, 0.2) is 12.1 Å². The number of carbonyl (C=O) groups excluding carboxylic acids is 2. The van der Waals surface area contributed by atoms with Crippen LogP contribution < -0.4 is 14.2 Å². The van der Waals surface area contributed by atoms with E-state index in [0.29, 0.717) is 23.5 Å². The van der Waals surface area contributed by atoms with Crippen molar-refractivity contribution in [3.63, 3.8) is 0 Å². The van der Waals surface area contributed by atoms with Gasteiger partial charge in [0.15, 0.2) is 18.1 Å². The Hall–Kier alpha value is -2.44. The van der Waals surface area contributed by atoms with E-state index in [1.165, 1.54) is 40.6 Å². The van der Waals surface area contributed by atoms with E-state index in [-0.39, 0.29) is 23.8 Å². The number of amides is 1. The fraction of sp³-hybridized carbons (Fsp3) is 0.619. The number of ether oxygens (including phenoxy) is 4. The van der Waals surface area contributed by atoms with E-state index < -0.39 is 5.97 Å². The molecule has 2 fully saturated rings. The third-order valence-corrected chi connectivity index (χ3v) is 5.81. The molecule has 2 aliphatic rings. The summed E-state index contributed by atoms with van der Waals surface area (Å²) in [6.45, 7) is 0.483. The summed E-state index contributed by atoms with van der Waals surface area (Å²) in [4.78, 5) is 27.3. The monoisotopic (exact) mass is 391 g/mol. The number of benzene rings is 1. The zero-order chi connectivity index (χ0) is 20.1. The summed E-state index contributed by atoms with van der Waals surface area (Å²) in [5.41, 5.74) is 0.196. The minimum atomic E-state index is -0.622. The van der Waals surface area contributed by atoms with E-state index in [4.69, 9.17) is 18.9 Å². The second-order valence-corrected chi connectivity index (χ2v) is 7.30. The van der Waals surface area contributed by atoms with Crippen LogP contribution in [0.25, 0.3) is 0 Å². The van der Waals surface area contributed by atoms with Crippen LogP contribution in [-0.4, -0.2) is 57.3 Å². The zero-order valence-electron chi connectivity index (χ0n) is 16.9. The van der Waals surface area contributed by atoms with Crippen molar-refractivity contribution in [2.75, 3.05) is 34.5 Å². The maximum Gasteiger partial charge on any atom is 0.342 e. The van der Waals surface area contributed by atoms with Crippen LogP contribution in [0.5, 0.6) is 17.2 Å². The summed E-state index contributed by atoms with van der Waals surface area (Å²) in [5.74, 6) is 0.834. The molecule has 1 aromatic carbocycles. The Balaban J connectivity index is 1.67. The highest BCUT2D eigenvalue weighted by atomic mass is 16.5. The highest BCUT2D eigenvalue weighted by Crippen LogP contribution is 2.40. The molecule has 1 saturated carbocycles. The lowest BCUT2D eigenvalue weighted by Crippen LogP contribution is -2.50. The van der Waals surface area contributed by atoms with Crippen LogP contribution in [-0.2, 0) is 9.53 Å². The van der Waals surface area contributed by atoms with Gasteiger partial charge in [0.2, 0.25) is 5.75 Å². The molecule has 1 amide bonds. The van der Waals surface area contributed by atoms with Gasteiger partial charge in [0, 0.05) is 12.6 Å². The van der Waals surface area contributed by atoms with Crippen LogP contribution in [0.2, 0.25) is 0 Å². The summed E-state index contributed by atoms with van der Waals surface area (Å²) in [6.07, 6.45) is 6.86. The van der Waals surface area contributed by atoms with Gasteiger partial charge in [0.05, 0.1) is 21.3 Å². The molecule has 1 heterocycles. The number of methoxy groups -OCH3 is 3. The number of carbonyl (C=O) groups is 2. The molecular weight excluding hydrogens is 362 g/mol. The average Bonchev–Trinajstić information content (AvgIpc) is 2.75. The molecule has 7 nitrogen and oxygen atoms in total. The number of fused-ring (bicyclic) bond motifs is 1. The number of rotatable bonds is 6. The van der Waals surface area contributed by atoms with E-state index in [2.05, 4.69) is 0 Å². The van der Waals surface area contributed by atoms with Gasteiger partial charge in [0.25, 0.3) is 5.91 Å². The first-order chi connectivity index (χ1) is 13.6. The number of piperidine rings is 1. The fourth-order valence-electron chi connectivity index (χ4n) is 4.48. The molecule has 0 N–H and O–H groups in total. The largest absolute Gasteiger partial charge is 0.493 e. The standard InChI is InChI=1S/C21H29NO6/c1-25-17-11-10-15(19(26-2)20(17)27-3)21(24)28-13-18(23)22-12-6-8-14-7-4-5-9-16(14)22/h10-11,14,16H,4-9,12-13H2,1-3H3/t14-,16-/m0/s1. The number of esters is 1. The van der Waals surface area contributed by atoms with Crippen molar-refractivity contribution in [2.45, 2.75) is 44.6 Å². The van der Waals surface area contributed by atoms with Crippen LogP contribution in [0, 0.1) is 5.92 Å². The van der Waals surface area contributed by atoms with E-state index in [1.54, 1.807) is 12.1 Å². The van der Waals surface area contributed by atoms with Crippen molar-refractivity contribution >= 4 is 11.9 Å². The molecule has 1 saturated heterocycles. The van der Waals surface area contributed by atoms with E-state index >= 15 is 0 Å². The van der Waals surface area contributed by atoms with Gasteiger partial charge >= 0.3 is 5.97 Å². The van der Waals surface area contributed by atoms with Gasteiger partial charge in [-0.15, -0.1) is 0 Å². The quantitative estimate of drug-likeness (QED) is 0.694. The molecule has 154 valence electrons. The summed E-state index contributed by atoms with van der Waals surface area (Å²) >= 11 is 0. The maximum atomic E-state index is 12.7. The summed E-state index contributed by atoms with van der Waals surface area (Å²) in [6, 6.07) is 3.45. The Kier molecular flexibility index (Phi) is 6.65. The predicted octanol–water partition coefficient (Wildman–Crippen LogP) is 3.05. The highest BCUT2D eigenvalue weighted by Gasteiger charge is 2.36. The summed E-state index contributed by atoms with van der Waals surface area (Å²) < 4.78 is 21.2. The molecule has 2 atom stereocenters. The van der Waals surface area contributed by atoms with E-state index in [0.717, 1.165) is 25.8 Å². The molecule has 0 spiro atoms. The van der Waals surface area contributed by atoms with Gasteiger partial charge in [-0.2, -0.15) is 0 Å². The SMILES string of the molecule is COc1ccc(C(=O)OCC(=O)N2CCC[C@@H]3CCCC[C@@H]32)c(OC)c1OC. The lowest BCUT2D eigenvalue weighted by Gasteiger charge is -2.44. The average molecular weight is 391 g/mol. The Morgan fingerprint density at radius 2 is 1.68 bits per heavy atom. The van der Waals surface area contributed by atoms with Crippen LogP contribution in [0.3, 0.4) is 0 Å². The van der Waals surface area contributed by atoms with Gasteiger partial charge in [-0.25, -0.2) is 4.79 Å². The van der Waals surface area contributed by atoms with Crippen LogP contribution in [0.1, 0.15) is 48.9 Å². The predicted molar refractivity (Wildman–Crippen MR) is 103 cm³/mol. The Morgan fingerprint density at radius 1 is 0.964 bits per heavy atom. The normalized spacial score (nSPS) is 21.5. The third kappa shape index (κ3) is 4.03. The second kappa shape index (κ2) is 9.17. The molecule has 0 unspecified atom stereocenters. The number of nitrogens with zero attached hydrogens (tertiary/aromatic N) is 1. The van der Waals surface area contributed by atoms with Crippen molar-refractivity contribution in [3.8, 4) is 17.2 Å². The molecule has 0 bridgehead atoms. The lowest BCUT2D eigenvalue weighted by atomic mass is 9.78. The first kappa shape index (κ1) is 20.3. The van der Waals surface area contributed by atoms with Gasteiger partial charge in [-0.1, -0.05) is 12.8 Å². The first-order valence-electron chi connectivity index (χ1n) is 9.86. The Bertz CT molecular complexity index is 717. The van der Waals surface area contributed by atoms with Crippen molar-refractivity contribution in [1.82, 2.24) is 4.90 Å². The molecule has 3 rings (SSSR count). The van der Waals surface area contributed by atoms with E-state index in [1.807, 2.05) is 4.90 Å². The topological polar surface area (TPSA) is 74.3 Å². The lowest BCUT2D eigenvalue weighted by molar-refractivity contribution is -0.140. The highest BCUT2D eigenvalue weighted by molar-refractivity contribution is 5.95. The zero-order valence-corrected chi connectivity index (χ0v) is 16.9. The molecule has 1 aliphatic heterocycles. The Labute approximate surface area is 165 Å². The van der Waals surface area contributed by atoms with Gasteiger partial charge in [-0.05, 0) is 43.7 Å². The molecule has 0 aromatic heterocycles. The van der Waals surface area contributed by atoms with Gasteiger partial charge in [-0.3, -0.25) is 4.79 Å². The van der Waals surface area contributed by atoms with Crippen molar-refractivity contribution in [1.29, 1.82) is 0 Å². The minimum Gasteiger partial charge on any atom is -0.493 e. The Morgan fingerprint density at radius 3 is 2.39 bits per heavy atom. The summed E-state index contributed by atoms with van der Waals surface area (Å²) in [5, 5.41) is 0. The number of likely N-dealkylation sites (tertiary alicyclic amines) is 1. The second-order valence-electron chi connectivity index (χ2n) is 7.30.